The van der Waals surface area contributed by atoms with Crippen LogP contribution in [0.4, 0.5) is 0 Å². The first-order valence-electron chi connectivity index (χ1n) is 8.74. The summed E-state index contributed by atoms with van der Waals surface area (Å²) >= 11 is 0. The predicted octanol–water partition coefficient (Wildman–Crippen LogP) is 4.55. The Morgan fingerprint density at radius 3 is 2.22 bits per heavy atom. The first-order chi connectivity index (χ1) is 11.1. The highest BCUT2D eigenvalue weighted by atomic mass is 16.5. The molecule has 0 unspecified atom stereocenters. The average molecular weight is 315 g/mol. The van der Waals surface area contributed by atoms with Gasteiger partial charge in [-0.3, -0.25) is 4.79 Å². The molecule has 126 valence electrons. The summed E-state index contributed by atoms with van der Waals surface area (Å²) in [6.07, 6.45) is 12.2. The van der Waals surface area contributed by atoms with Gasteiger partial charge in [0.2, 0.25) is 5.91 Å². The molecule has 3 heteroatoms. The fraction of sp³-hybridized carbons (Fsp3) is 0.550. The standard InChI is InChI=1S/C20H29NO2/c1-15-13-18(23-3)14-16(2)19(15)11-12-20(22)21-17-9-7-5-4-6-8-10-17/h11-14,17H,4-10H2,1-3H3,(H,21,22)/b12-11+. The molecule has 0 atom stereocenters. The van der Waals surface area contributed by atoms with Crippen LogP contribution < -0.4 is 10.1 Å². The quantitative estimate of drug-likeness (QED) is 0.828. The van der Waals surface area contributed by atoms with Gasteiger partial charge in [-0.25, -0.2) is 0 Å². The Hall–Kier alpha value is -1.77. The molecule has 0 spiro atoms. The van der Waals surface area contributed by atoms with E-state index in [4.69, 9.17) is 4.74 Å². The number of amides is 1. The van der Waals surface area contributed by atoms with Gasteiger partial charge in [-0.15, -0.1) is 0 Å². The Morgan fingerprint density at radius 1 is 1.09 bits per heavy atom. The van der Waals surface area contributed by atoms with Crippen molar-refractivity contribution in [3.8, 4) is 5.75 Å². The van der Waals surface area contributed by atoms with Gasteiger partial charge in [0, 0.05) is 12.1 Å². The summed E-state index contributed by atoms with van der Waals surface area (Å²) in [4.78, 5) is 12.2. The van der Waals surface area contributed by atoms with E-state index in [0.717, 1.165) is 35.3 Å². The highest BCUT2D eigenvalue weighted by molar-refractivity contribution is 5.92. The third kappa shape index (κ3) is 5.42. The minimum absolute atomic E-state index is 0.0187. The Kier molecular flexibility index (Phi) is 6.69. The number of aryl methyl sites for hydroxylation is 2. The fourth-order valence-corrected chi connectivity index (χ4v) is 3.32. The van der Waals surface area contributed by atoms with Gasteiger partial charge in [-0.05, 0) is 61.6 Å². The topological polar surface area (TPSA) is 38.3 Å². The summed E-state index contributed by atoms with van der Waals surface area (Å²) in [6.45, 7) is 4.09. The highest BCUT2D eigenvalue weighted by Gasteiger charge is 2.12. The van der Waals surface area contributed by atoms with E-state index in [1.54, 1.807) is 13.2 Å². The lowest BCUT2D eigenvalue weighted by Crippen LogP contribution is -2.34. The zero-order valence-electron chi connectivity index (χ0n) is 14.7. The zero-order valence-corrected chi connectivity index (χ0v) is 14.7. The Morgan fingerprint density at radius 2 is 1.65 bits per heavy atom. The second-order valence-corrected chi connectivity index (χ2v) is 6.56. The summed E-state index contributed by atoms with van der Waals surface area (Å²) in [5.74, 6) is 0.876. The molecule has 0 aromatic heterocycles. The summed E-state index contributed by atoms with van der Waals surface area (Å²) in [5.41, 5.74) is 3.34. The lowest BCUT2D eigenvalue weighted by atomic mass is 9.96. The van der Waals surface area contributed by atoms with E-state index in [2.05, 4.69) is 5.32 Å². The fourth-order valence-electron chi connectivity index (χ4n) is 3.32. The maximum Gasteiger partial charge on any atom is 0.244 e. The van der Waals surface area contributed by atoms with Crippen molar-refractivity contribution in [2.24, 2.45) is 0 Å². The van der Waals surface area contributed by atoms with E-state index < -0.39 is 0 Å². The molecule has 0 radical (unpaired) electrons. The van der Waals surface area contributed by atoms with Crippen LogP contribution in [-0.2, 0) is 4.79 Å². The van der Waals surface area contributed by atoms with E-state index in [0.29, 0.717) is 6.04 Å². The molecule has 0 heterocycles. The van der Waals surface area contributed by atoms with Crippen LogP contribution in [-0.4, -0.2) is 19.1 Å². The molecule has 2 rings (SSSR count). The van der Waals surface area contributed by atoms with Gasteiger partial charge in [0.1, 0.15) is 5.75 Å². The summed E-state index contributed by atoms with van der Waals surface area (Å²) < 4.78 is 5.28. The van der Waals surface area contributed by atoms with Crippen LogP contribution in [0.5, 0.6) is 5.75 Å². The van der Waals surface area contributed by atoms with Gasteiger partial charge in [0.25, 0.3) is 0 Å². The molecule has 0 aliphatic heterocycles. The van der Waals surface area contributed by atoms with Crippen LogP contribution in [0.15, 0.2) is 18.2 Å². The summed E-state index contributed by atoms with van der Waals surface area (Å²) in [6, 6.07) is 4.34. The van der Waals surface area contributed by atoms with Gasteiger partial charge in [0.05, 0.1) is 7.11 Å². The molecule has 1 fully saturated rings. The van der Waals surface area contributed by atoms with Crippen LogP contribution in [0.1, 0.15) is 61.6 Å². The van der Waals surface area contributed by atoms with Crippen molar-refractivity contribution in [1.29, 1.82) is 0 Å². The van der Waals surface area contributed by atoms with E-state index in [1.807, 2.05) is 32.1 Å². The number of carbonyl (C=O) groups excluding carboxylic acids is 1. The number of nitrogens with one attached hydrogen (secondary N) is 1. The van der Waals surface area contributed by atoms with Crippen molar-refractivity contribution in [3.63, 3.8) is 0 Å². The van der Waals surface area contributed by atoms with Gasteiger partial charge >= 0.3 is 0 Å². The first kappa shape index (κ1) is 17.6. The molecular formula is C20H29NO2. The largest absolute Gasteiger partial charge is 0.497 e. The molecule has 1 aliphatic rings. The average Bonchev–Trinajstić information content (AvgIpc) is 2.48. The van der Waals surface area contributed by atoms with Crippen LogP contribution >= 0.6 is 0 Å². The molecule has 1 saturated carbocycles. The number of ether oxygens (including phenoxy) is 1. The van der Waals surface area contributed by atoms with Crippen LogP contribution in [0.2, 0.25) is 0 Å². The van der Waals surface area contributed by atoms with Gasteiger partial charge < -0.3 is 10.1 Å². The minimum Gasteiger partial charge on any atom is -0.497 e. The molecule has 1 amide bonds. The number of hydrogen-bond acceptors (Lipinski definition) is 2. The Balaban J connectivity index is 1.97. The van der Waals surface area contributed by atoms with Crippen molar-refractivity contribution < 1.29 is 9.53 Å². The third-order valence-electron chi connectivity index (χ3n) is 4.66. The maximum absolute atomic E-state index is 12.2. The molecule has 3 nitrogen and oxygen atoms in total. The number of methoxy groups -OCH3 is 1. The monoisotopic (exact) mass is 315 g/mol. The number of rotatable bonds is 4. The van der Waals surface area contributed by atoms with Crippen molar-refractivity contribution >= 4 is 12.0 Å². The number of hydrogen-bond donors (Lipinski definition) is 1. The number of carbonyl (C=O) groups is 1. The minimum atomic E-state index is 0.0187. The molecule has 1 aromatic carbocycles. The van der Waals surface area contributed by atoms with Crippen LogP contribution in [0, 0.1) is 13.8 Å². The van der Waals surface area contributed by atoms with Crippen LogP contribution in [0.25, 0.3) is 6.08 Å². The lowest BCUT2D eigenvalue weighted by Gasteiger charge is -2.20. The molecule has 1 aromatic rings. The molecule has 1 N–H and O–H groups in total. The normalized spacial score (nSPS) is 16.8. The molecular weight excluding hydrogens is 286 g/mol. The SMILES string of the molecule is COc1cc(C)c(/C=C/C(=O)NC2CCCCCCC2)c(C)c1. The zero-order chi connectivity index (χ0) is 16.7. The van der Waals surface area contributed by atoms with Crippen molar-refractivity contribution in [3.05, 3.63) is 34.9 Å². The maximum atomic E-state index is 12.2. The van der Waals surface area contributed by atoms with Crippen molar-refractivity contribution in [2.75, 3.05) is 7.11 Å². The molecule has 0 bridgehead atoms. The van der Waals surface area contributed by atoms with Gasteiger partial charge in [-0.2, -0.15) is 0 Å². The third-order valence-corrected chi connectivity index (χ3v) is 4.66. The lowest BCUT2D eigenvalue weighted by molar-refractivity contribution is -0.117. The summed E-state index contributed by atoms with van der Waals surface area (Å²) in [7, 11) is 1.67. The second kappa shape index (κ2) is 8.76. The Bertz CT molecular complexity index is 532. The van der Waals surface area contributed by atoms with Gasteiger partial charge in [0.15, 0.2) is 0 Å². The van der Waals surface area contributed by atoms with Crippen LogP contribution in [0.3, 0.4) is 0 Å². The first-order valence-corrected chi connectivity index (χ1v) is 8.74. The van der Waals surface area contributed by atoms with Crippen molar-refractivity contribution in [2.45, 2.75) is 64.8 Å². The van der Waals surface area contributed by atoms with E-state index in [1.165, 1.54) is 32.1 Å². The Labute approximate surface area is 140 Å². The van der Waals surface area contributed by atoms with Gasteiger partial charge in [-0.1, -0.05) is 32.1 Å². The summed E-state index contributed by atoms with van der Waals surface area (Å²) in [5, 5.41) is 3.17. The second-order valence-electron chi connectivity index (χ2n) is 6.56. The number of benzene rings is 1. The molecule has 23 heavy (non-hydrogen) atoms. The van der Waals surface area contributed by atoms with Crippen molar-refractivity contribution in [1.82, 2.24) is 5.32 Å². The molecule has 0 saturated heterocycles. The van der Waals surface area contributed by atoms with E-state index in [9.17, 15) is 4.79 Å². The predicted molar refractivity (Wildman–Crippen MR) is 95.8 cm³/mol. The highest BCUT2D eigenvalue weighted by Crippen LogP contribution is 2.23. The van der Waals surface area contributed by atoms with E-state index in [-0.39, 0.29) is 5.91 Å². The molecule has 1 aliphatic carbocycles. The smallest absolute Gasteiger partial charge is 0.244 e. The van der Waals surface area contributed by atoms with E-state index >= 15 is 0 Å².